The fourth-order valence-corrected chi connectivity index (χ4v) is 2.45. The predicted molar refractivity (Wildman–Crippen MR) is 85.2 cm³/mol. The van der Waals surface area contributed by atoms with Gasteiger partial charge in [0.15, 0.2) is 5.82 Å². The Bertz CT molecular complexity index is 596. The van der Waals surface area contributed by atoms with Gasteiger partial charge in [0.1, 0.15) is 11.0 Å². The summed E-state index contributed by atoms with van der Waals surface area (Å²) >= 11 is 6.12. The van der Waals surface area contributed by atoms with Crippen molar-refractivity contribution in [1.29, 1.82) is 0 Å². The number of halogens is 1. The number of aromatic nitrogens is 2. The normalized spacial score (nSPS) is 16.9. The molecule has 1 fully saturated rings. The second-order valence-electron chi connectivity index (χ2n) is 5.17. The maximum Gasteiger partial charge on any atom is 0.163 e. The maximum atomic E-state index is 6.12. The largest absolute Gasteiger partial charge is 0.304 e. The van der Waals surface area contributed by atoms with Crippen molar-refractivity contribution in [3.8, 4) is 11.4 Å². The lowest BCUT2D eigenvalue weighted by atomic mass is 10.2. The fourth-order valence-electron chi connectivity index (χ4n) is 2.27. The molecule has 2 aromatic rings. The Morgan fingerprint density at radius 3 is 2.48 bits per heavy atom. The van der Waals surface area contributed by atoms with Crippen molar-refractivity contribution < 1.29 is 0 Å². The molecule has 1 aromatic carbocycles. The average molecular weight is 304 g/mol. The van der Waals surface area contributed by atoms with Gasteiger partial charge >= 0.3 is 0 Å². The van der Waals surface area contributed by atoms with Gasteiger partial charge in [-0.25, -0.2) is 15.0 Å². The summed E-state index contributed by atoms with van der Waals surface area (Å²) in [5.41, 5.74) is 4.28. The van der Waals surface area contributed by atoms with Crippen LogP contribution in [0.2, 0.25) is 5.15 Å². The van der Waals surface area contributed by atoms with Crippen molar-refractivity contribution in [3.05, 3.63) is 41.6 Å². The molecule has 0 aliphatic carbocycles. The number of likely N-dealkylation sites (N-methyl/N-ethyl adjacent to an activating group) is 1. The summed E-state index contributed by atoms with van der Waals surface area (Å²) in [6.45, 7) is 3.99. The van der Waals surface area contributed by atoms with Gasteiger partial charge in [0, 0.05) is 37.8 Å². The smallest absolute Gasteiger partial charge is 0.163 e. The Morgan fingerprint density at radius 2 is 1.76 bits per heavy atom. The standard InChI is InChI=1S/C15H18ClN5/c1-20-7-9-21(10-8-20)19-14-11-13(16)17-15(18-14)12-5-3-2-4-6-12/h2-6,11H,7-10H2,1H3,(H,17,18,19). The monoisotopic (exact) mass is 303 g/mol. The fraction of sp³-hybridized carbons (Fsp3) is 0.333. The van der Waals surface area contributed by atoms with E-state index >= 15 is 0 Å². The third-order valence-corrected chi connectivity index (χ3v) is 3.70. The van der Waals surface area contributed by atoms with E-state index in [-0.39, 0.29) is 0 Å². The van der Waals surface area contributed by atoms with E-state index in [0.29, 0.717) is 11.0 Å². The SMILES string of the molecule is CN1CCN(Nc2cc(Cl)nc(-c3ccccc3)n2)CC1. The van der Waals surface area contributed by atoms with E-state index in [2.05, 4.69) is 32.4 Å². The van der Waals surface area contributed by atoms with Crippen LogP contribution in [0.5, 0.6) is 0 Å². The van der Waals surface area contributed by atoms with Crippen molar-refractivity contribution in [1.82, 2.24) is 19.9 Å². The van der Waals surface area contributed by atoms with Gasteiger partial charge < -0.3 is 10.3 Å². The molecule has 0 amide bonds. The first-order valence-electron chi connectivity index (χ1n) is 7.01. The van der Waals surface area contributed by atoms with E-state index in [9.17, 15) is 0 Å². The molecule has 1 aliphatic heterocycles. The molecule has 1 saturated heterocycles. The number of hydrogen-bond donors (Lipinski definition) is 1. The highest BCUT2D eigenvalue weighted by molar-refractivity contribution is 6.29. The zero-order valence-electron chi connectivity index (χ0n) is 12.0. The highest BCUT2D eigenvalue weighted by Gasteiger charge is 2.14. The minimum atomic E-state index is 0.445. The summed E-state index contributed by atoms with van der Waals surface area (Å²) in [5, 5.41) is 2.61. The Kier molecular flexibility index (Phi) is 4.34. The first-order valence-corrected chi connectivity index (χ1v) is 7.39. The molecule has 0 saturated carbocycles. The molecule has 21 heavy (non-hydrogen) atoms. The summed E-state index contributed by atoms with van der Waals surface area (Å²) < 4.78 is 0. The van der Waals surface area contributed by atoms with Gasteiger partial charge in [0.2, 0.25) is 0 Å². The van der Waals surface area contributed by atoms with Gasteiger partial charge in [-0.3, -0.25) is 0 Å². The molecular formula is C15H18ClN5. The summed E-state index contributed by atoms with van der Waals surface area (Å²) in [6.07, 6.45) is 0. The van der Waals surface area contributed by atoms with Crippen LogP contribution in [0.4, 0.5) is 5.82 Å². The highest BCUT2D eigenvalue weighted by Crippen LogP contribution is 2.20. The number of anilines is 1. The van der Waals surface area contributed by atoms with Crippen LogP contribution in [0, 0.1) is 0 Å². The number of nitrogens with one attached hydrogen (secondary N) is 1. The quantitative estimate of drug-likeness (QED) is 0.882. The number of piperazine rings is 1. The third-order valence-electron chi connectivity index (χ3n) is 3.50. The zero-order valence-corrected chi connectivity index (χ0v) is 12.7. The van der Waals surface area contributed by atoms with Crippen LogP contribution in [0.3, 0.4) is 0 Å². The summed E-state index contributed by atoms with van der Waals surface area (Å²) in [6, 6.07) is 11.6. The summed E-state index contributed by atoms with van der Waals surface area (Å²) in [4.78, 5) is 11.2. The van der Waals surface area contributed by atoms with E-state index in [0.717, 1.165) is 37.6 Å². The van der Waals surface area contributed by atoms with Crippen molar-refractivity contribution in [3.63, 3.8) is 0 Å². The van der Waals surface area contributed by atoms with Crippen LogP contribution in [0.1, 0.15) is 0 Å². The molecule has 1 N–H and O–H groups in total. The zero-order chi connectivity index (χ0) is 14.7. The Morgan fingerprint density at radius 1 is 1.05 bits per heavy atom. The van der Waals surface area contributed by atoms with Crippen LogP contribution in [-0.4, -0.2) is 53.1 Å². The highest BCUT2D eigenvalue weighted by atomic mass is 35.5. The minimum Gasteiger partial charge on any atom is -0.304 e. The number of nitrogens with zero attached hydrogens (tertiary/aromatic N) is 4. The van der Waals surface area contributed by atoms with Crippen molar-refractivity contribution >= 4 is 17.4 Å². The maximum absolute atomic E-state index is 6.12. The molecule has 0 bridgehead atoms. The Balaban J connectivity index is 1.78. The first kappa shape index (κ1) is 14.3. The van der Waals surface area contributed by atoms with Crippen LogP contribution < -0.4 is 5.43 Å². The second-order valence-corrected chi connectivity index (χ2v) is 5.55. The molecule has 0 atom stereocenters. The van der Waals surface area contributed by atoms with Crippen LogP contribution in [-0.2, 0) is 0 Å². The second kappa shape index (κ2) is 6.39. The molecule has 0 radical (unpaired) electrons. The molecule has 6 heteroatoms. The number of hydrazine groups is 1. The van der Waals surface area contributed by atoms with E-state index in [1.165, 1.54) is 0 Å². The van der Waals surface area contributed by atoms with E-state index in [1.54, 1.807) is 6.07 Å². The number of hydrogen-bond acceptors (Lipinski definition) is 5. The summed E-state index contributed by atoms with van der Waals surface area (Å²) in [7, 11) is 2.13. The van der Waals surface area contributed by atoms with E-state index < -0.39 is 0 Å². The predicted octanol–water partition coefficient (Wildman–Crippen LogP) is 2.37. The lowest BCUT2D eigenvalue weighted by Crippen LogP contribution is -2.47. The van der Waals surface area contributed by atoms with Gasteiger partial charge in [-0.15, -0.1) is 0 Å². The van der Waals surface area contributed by atoms with Crippen LogP contribution >= 0.6 is 11.6 Å². The molecule has 2 heterocycles. The van der Waals surface area contributed by atoms with Crippen molar-refractivity contribution in [2.75, 3.05) is 38.7 Å². The van der Waals surface area contributed by atoms with Gasteiger partial charge in [0.05, 0.1) is 0 Å². The van der Waals surface area contributed by atoms with Gasteiger partial charge in [-0.2, -0.15) is 0 Å². The molecule has 1 aliphatic rings. The average Bonchev–Trinajstić information content (AvgIpc) is 2.50. The Labute approximate surface area is 129 Å². The third kappa shape index (κ3) is 3.69. The minimum absolute atomic E-state index is 0.445. The number of rotatable bonds is 3. The number of benzene rings is 1. The van der Waals surface area contributed by atoms with Gasteiger partial charge in [-0.1, -0.05) is 41.9 Å². The van der Waals surface area contributed by atoms with E-state index in [1.807, 2.05) is 30.3 Å². The van der Waals surface area contributed by atoms with Gasteiger partial charge in [0.25, 0.3) is 0 Å². The van der Waals surface area contributed by atoms with Crippen molar-refractivity contribution in [2.24, 2.45) is 0 Å². The molecule has 0 unspecified atom stereocenters. The molecule has 5 nitrogen and oxygen atoms in total. The topological polar surface area (TPSA) is 44.3 Å². The molecule has 110 valence electrons. The van der Waals surface area contributed by atoms with Crippen LogP contribution in [0.15, 0.2) is 36.4 Å². The first-order chi connectivity index (χ1) is 10.2. The van der Waals surface area contributed by atoms with Gasteiger partial charge in [-0.05, 0) is 7.05 Å². The Hall–Kier alpha value is -1.69. The molecule has 1 aromatic heterocycles. The lowest BCUT2D eigenvalue weighted by Gasteiger charge is -2.32. The molecular weight excluding hydrogens is 286 g/mol. The molecule has 0 spiro atoms. The summed E-state index contributed by atoms with van der Waals surface area (Å²) in [5.74, 6) is 1.37. The molecule has 3 rings (SSSR count). The van der Waals surface area contributed by atoms with Crippen molar-refractivity contribution in [2.45, 2.75) is 0 Å². The lowest BCUT2D eigenvalue weighted by molar-refractivity contribution is 0.178. The van der Waals surface area contributed by atoms with E-state index in [4.69, 9.17) is 11.6 Å². The van der Waals surface area contributed by atoms with Crippen LogP contribution in [0.25, 0.3) is 11.4 Å².